The zero-order valence-electron chi connectivity index (χ0n) is 18.0. The lowest BCUT2D eigenvalue weighted by Crippen LogP contribution is -2.46. The summed E-state index contributed by atoms with van der Waals surface area (Å²) in [6, 6.07) is 11.8. The Kier molecular flexibility index (Phi) is 8.62. The van der Waals surface area contributed by atoms with E-state index >= 15 is 0 Å². The lowest BCUT2D eigenvalue weighted by atomic mass is 9.92. The van der Waals surface area contributed by atoms with Gasteiger partial charge in [-0.1, -0.05) is 36.7 Å². The molecule has 2 aromatic carbocycles. The van der Waals surface area contributed by atoms with Crippen LogP contribution in [-0.4, -0.2) is 54.4 Å². The molecule has 1 aliphatic rings. The van der Waals surface area contributed by atoms with Gasteiger partial charge >= 0.3 is 0 Å². The van der Waals surface area contributed by atoms with Crippen molar-refractivity contribution in [3.05, 3.63) is 70.0 Å². The summed E-state index contributed by atoms with van der Waals surface area (Å²) in [5.41, 5.74) is 1.73. The van der Waals surface area contributed by atoms with E-state index in [-0.39, 0.29) is 28.7 Å². The Morgan fingerprint density at radius 2 is 1.84 bits per heavy atom. The largest absolute Gasteiger partial charge is 0.505 e. The number of carbonyl (C=O) groups excluding carboxylic acids is 2. The third-order valence-electron chi connectivity index (χ3n) is 4.48. The first-order valence-corrected chi connectivity index (χ1v) is 10.2. The summed E-state index contributed by atoms with van der Waals surface area (Å²) in [7, 11) is 6.00. The number of aldehydes is 1. The average Bonchev–Trinajstić information content (AvgIpc) is 2.73. The van der Waals surface area contributed by atoms with Crippen LogP contribution in [0.15, 0.2) is 53.9 Å². The van der Waals surface area contributed by atoms with E-state index in [1.165, 1.54) is 6.07 Å². The fraction of sp³-hybridized carbons (Fsp3) is 0.304. The van der Waals surface area contributed by atoms with Gasteiger partial charge in [-0.15, -0.1) is 0 Å². The molecule has 0 saturated carbocycles. The van der Waals surface area contributed by atoms with Crippen LogP contribution >= 0.6 is 11.6 Å². The zero-order valence-corrected chi connectivity index (χ0v) is 18.8. The molecule has 0 saturated heterocycles. The van der Waals surface area contributed by atoms with Gasteiger partial charge in [-0.2, -0.15) is 0 Å². The number of anilines is 1. The fourth-order valence-electron chi connectivity index (χ4n) is 2.96. The van der Waals surface area contributed by atoms with Gasteiger partial charge < -0.3 is 25.7 Å². The summed E-state index contributed by atoms with van der Waals surface area (Å²) in [6.07, 6.45) is -0.0427. The van der Waals surface area contributed by atoms with E-state index in [1.807, 2.05) is 51.2 Å². The highest BCUT2D eigenvalue weighted by molar-refractivity contribution is 6.30. The maximum Gasteiger partial charge on any atom is 0.215 e. The topological polar surface area (TPSA) is 102 Å². The van der Waals surface area contributed by atoms with Crippen LogP contribution in [0.3, 0.4) is 0 Å². The summed E-state index contributed by atoms with van der Waals surface area (Å²) >= 11 is 6.05. The first-order chi connectivity index (χ1) is 14.7. The van der Waals surface area contributed by atoms with E-state index in [9.17, 15) is 19.8 Å². The number of nitrogens with one attached hydrogen (secondary N) is 2. The molecule has 0 aliphatic heterocycles. The molecule has 7 nitrogen and oxygen atoms in total. The molecule has 0 spiro atoms. The second-order valence-electron chi connectivity index (χ2n) is 7.54. The van der Waals surface area contributed by atoms with Gasteiger partial charge in [0.15, 0.2) is 12.4 Å². The number of aliphatic hydroxyl groups excluding tert-OH is 1. The number of halogens is 1. The number of aromatic hydroxyl groups is 1. The van der Waals surface area contributed by atoms with Crippen LogP contribution in [0.1, 0.15) is 35.3 Å². The molecule has 3 rings (SSSR count). The smallest absolute Gasteiger partial charge is 0.215 e. The van der Waals surface area contributed by atoms with Crippen LogP contribution in [-0.2, 0) is 4.79 Å². The van der Waals surface area contributed by atoms with Crippen LogP contribution in [0.4, 0.5) is 5.69 Å². The highest BCUT2D eigenvalue weighted by Gasteiger charge is 2.39. The monoisotopic (exact) mass is 445 g/mol. The van der Waals surface area contributed by atoms with Crippen LogP contribution in [0, 0.1) is 0 Å². The fourth-order valence-corrected chi connectivity index (χ4v) is 3.16. The number of phenols is 1. The predicted octanol–water partition coefficient (Wildman–Crippen LogP) is 3.34. The van der Waals surface area contributed by atoms with Crippen molar-refractivity contribution < 1.29 is 19.8 Å². The lowest BCUT2D eigenvalue weighted by Gasteiger charge is -2.33. The van der Waals surface area contributed by atoms with Gasteiger partial charge in [0, 0.05) is 5.02 Å². The minimum Gasteiger partial charge on any atom is -0.505 e. The number of carbonyl (C=O) groups is 2. The van der Waals surface area contributed by atoms with Crippen molar-refractivity contribution in [2.75, 3.05) is 26.5 Å². The summed E-state index contributed by atoms with van der Waals surface area (Å²) < 4.78 is 0. The Labute approximate surface area is 187 Å². The number of Topliss-reactive ketones (excluding diaryl/α,β-unsaturated/α-hetero) is 1. The molecule has 166 valence electrons. The van der Waals surface area contributed by atoms with Crippen molar-refractivity contribution in [3.63, 3.8) is 0 Å². The number of nitrogens with zero attached hydrogens (tertiary/aromatic N) is 1. The van der Waals surface area contributed by atoms with E-state index < -0.39 is 11.9 Å². The van der Waals surface area contributed by atoms with Crippen LogP contribution < -0.4 is 10.6 Å². The molecular weight excluding hydrogens is 418 g/mol. The Bertz CT molecular complexity index is 972. The maximum atomic E-state index is 12.1. The molecule has 2 unspecified atom stereocenters. The van der Waals surface area contributed by atoms with Gasteiger partial charge in [-0.05, 0) is 57.4 Å². The second-order valence-corrected chi connectivity index (χ2v) is 7.98. The molecular formula is C23H28ClN3O4. The van der Waals surface area contributed by atoms with Gasteiger partial charge in [0.05, 0.1) is 23.0 Å². The Balaban J connectivity index is 0.000000785. The normalized spacial score (nSPS) is 16.2. The molecule has 2 atom stereocenters. The summed E-state index contributed by atoms with van der Waals surface area (Å²) in [5.74, 6) is -0.746. The SMILES string of the molecule is CCC(NC1=C(Nc2cccc(C=O)c2O)C(=O)C1O)c1cccc(Cl)c1.CN(C)C. The van der Waals surface area contributed by atoms with Crippen molar-refractivity contribution >= 4 is 29.4 Å². The van der Waals surface area contributed by atoms with Crippen molar-refractivity contribution in [1.82, 2.24) is 10.2 Å². The third-order valence-corrected chi connectivity index (χ3v) is 4.72. The minimum absolute atomic E-state index is 0.104. The molecule has 4 N–H and O–H groups in total. The van der Waals surface area contributed by atoms with Crippen molar-refractivity contribution in [3.8, 4) is 5.75 Å². The number of hydrogen-bond donors (Lipinski definition) is 4. The van der Waals surface area contributed by atoms with Gasteiger partial charge in [-0.3, -0.25) is 9.59 Å². The van der Waals surface area contributed by atoms with E-state index in [0.29, 0.717) is 23.4 Å². The van der Waals surface area contributed by atoms with Gasteiger partial charge in [0.2, 0.25) is 5.78 Å². The third kappa shape index (κ3) is 6.07. The molecule has 0 heterocycles. The maximum absolute atomic E-state index is 12.1. The van der Waals surface area contributed by atoms with Crippen molar-refractivity contribution in [2.45, 2.75) is 25.5 Å². The molecule has 0 radical (unpaired) electrons. The zero-order chi connectivity index (χ0) is 23.1. The standard InChI is InChI=1S/C20H19ClN2O4.C3H9N/c1-2-14(11-5-3-7-13(21)9-11)22-16-17(20(27)19(16)26)23-15-8-4-6-12(10-24)18(15)25;1-4(2)3/h3-10,14,19,22-23,25-26H,2H2,1H3;1-3H3. The summed E-state index contributed by atoms with van der Waals surface area (Å²) in [6.45, 7) is 1.97. The van der Waals surface area contributed by atoms with Crippen LogP contribution in [0.2, 0.25) is 5.02 Å². The molecule has 1 aliphatic carbocycles. The number of aliphatic hydroxyl groups is 1. The first kappa shape index (κ1) is 24.4. The quantitative estimate of drug-likeness (QED) is 0.383. The number of benzene rings is 2. The molecule has 0 amide bonds. The molecule has 0 fully saturated rings. The van der Waals surface area contributed by atoms with E-state index in [1.54, 1.807) is 18.2 Å². The average molecular weight is 446 g/mol. The number of hydrogen-bond acceptors (Lipinski definition) is 7. The van der Waals surface area contributed by atoms with Gasteiger partial charge in [-0.25, -0.2) is 0 Å². The number of rotatable bonds is 7. The Morgan fingerprint density at radius 3 is 2.42 bits per heavy atom. The Hall–Kier alpha value is -2.87. The molecule has 2 aromatic rings. The van der Waals surface area contributed by atoms with Crippen molar-refractivity contribution in [1.29, 1.82) is 0 Å². The van der Waals surface area contributed by atoms with E-state index in [0.717, 1.165) is 5.56 Å². The molecule has 0 aromatic heterocycles. The minimum atomic E-state index is -1.27. The predicted molar refractivity (Wildman–Crippen MR) is 122 cm³/mol. The molecule has 0 bridgehead atoms. The highest BCUT2D eigenvalue weighted by atomic mass is 35.5. The van der Waals surface area contributed by atoms with Crippen LogP contribution in [0.5, 0.6) is 5.75 Å². The van der Waals surface area contributed by atoms with Crippen LogP contribution in [0.25, 0.3) is 0 Å². The number of phenolic OH excluding ortho intramolecular Hbond substituents is 1. The van der Waals surface area contributed by atoms with Gasteiger partial charge in [0.25, 0.3) is 0 Å². The Morgan fingerprint density at radius 1 is 1.19 bits per heavy atom. The first-order valence-electron chi connectivity index (χ1n) is 9.83. The summed E-state index contributed by atoms with van der Waals surface area (Å²) in [5, 5.41) is 26.8. The van der Waals surface area contributed by atoms with E-state index in [4.69, 9.17) is 11.6 Å². The number of para-hydroxylation sites is 1. The van der Waals surface area contributed by atoms with Gasteiger partial charge in [0.1, 0.15) is 11.4 Å². The molecule has 31 heavy (non-hydrogen) atoms. The second kappa shape index (κ2) is 10.9. The molecule has 8 heteroatoms. The summed E-state index contributed by atoms with van der Waals surface area (Å²) in [4.78, 5) is 25.1. The van der Waals surface area contributed by atoms with Crippen molar-refractivity contribution in [2.24, 2.45) is 0 Å². The highest BCUT2D eigenvalue weighted by Crippen LogP contribution is 2.33. The number of ketones is 1. The van der Waals surface area contributed by atoms with E-state index in [2.05, 4.69) is 10.6 Å². The lowest BCUT2D eigenvalue weighted by molar-refractivity contribution is -0.124.